The van der Waals surface area contributed by atoms with E-state index in [0.717, 1.165) is 13.0 Å². The van der Waals surface area contributed by atoms with Gasteiger partial charge in [0, 0.05) is 12.5 Å². The van der Waals surface area contributed by atoms with E-state index in [1.807, 2.05) is 18.2 Å². The summed E-state index contributed by atoms with van der Waals surface area (Å²) in [6.45, 7) is 3.11. The average molecular weight is 215 g/mol. The molecule has 1 aromatic rings. The van der Waals surface area contributed by atoms with Crippen LogP contribution in [0, 0.1) is 11.8 Å². The highest BCUT2D eigenvalue weighted by Crippen LogP contribution is 2.44. The molecule has 1 heterocycles. The quantitative estimate of drug-likeness (QED) is 0.742. The first-order valence-electron chi connectivity index (χ1n) is 6.13. The first-order chi connectivity index (χ1) is 7.77. The predicted octanol–water partition coefficient (Wildman–Crippen LogP) is 2.62. The third-order valence-electron chi connectivity index (χ3n) is 4.20. The lowest BCUT2D eigenvalue weighted by Gasteiger charge is -2.25. The Morgan fingerprint density at radius 1 is 1.25 bits per heavy atom. The Kier molecular flexibility index (Phi) is 2.23. The number of hydrogen-bond acceptors (Lipinski definition) is 1. The molecule has 2 unspecified atom stereocenters. The Bertz CT molecular complexity index is 400. The van der Waals surface area contributed by atoms with Gasteiger partial charge in [0.05, 0.1) is 6.04 Å². The number of fused-ring (bicyclic) bond motifs is 1. The number of amides is 1. The van der Waals surface area contributed by atoms with Crippen LogP contribution in [0.2, 0.25) is 0 Å². The number of carbonyl (C=O) groups is 1. The van der Waals surface area contributed by atoms with Crippen molar-refractivity contribution in [2.24, 2.45) is 11.8 Å². The van der Waals surface area contributed by atoms with E-state index >= 15 is 0 Å². The molecule has 1 saturated heterocycles. The number of likely N-dealkylation sites (tertiary alicyclic amines) is 1. The van der Waals surface area contributed by atoms with Gasteiger partial charge in [-0.2, -0.15) is 0 Å². The third kappa shape index (κ3) is 1.36. The van der Waals surface area contributed by atoms with E-state index in [1.165, 1.54) is 12.0 Å². The highest BCUT2D eigenvalue weighted by Gasteiger charge is 2.47. The van der Waals surface area contributed by atoms with Gasteiger partial charge < -0.3 is 4.90 Å². The maximum atomic E-state index is 12.1. The van der Waals surface area contributed by atoms with Gasteiger partial charge in [0.1, 0.15) is 0 Å². The molecular weight excluding hydrogens is 198 g/mol. The fourth-order valence-corrected chi connectivity index (χ4v) is 2.93. The van der Waals surface area contributed by atoms with Gasteiger partial charge in [-0.1, -0.05) is 30.3 Å². The highest BCUT2D eigenvalue weighted by molar-refractivity contribution is 5.82. The molecule has 1 aliphatic carbocycles. The van der Waals surface area contributed by atoms with E-state index in [2.05, 4.69) is 24.0 Å². The van der Waals surface area contributed by atoms with Crippen LogP contribution in [0.25, 0.3) is 0 Å². The standard InChI is InChI=1S/C14H17NO/c1-10(11-5-3-2-4-6-11)15-9-12-7-8-13(12)14(15)16/h2-6,10,12-13H,7-9H2,1H3/t10-,12?,13?/m0/s1. The van der Waals surface area contributed by atoms with Crippen LogP contribution >= 0.6 is 0 Å². The molecule has 1 saturated carbocycles. The third-order valence-corrected chi connectivity index (χ3v) is 4.20. The second-order valence-electron chi connectivity index (χ2n) is 5.02. The van der Waals surface area contributed by atoms with E-state index in [9.17, 15) is 4.79 Å². The Balaban J connectivity index is 1.81. The van der Waals surface area contributed by atoms with Crippen LogP contribution in [0.5, 0.6) is 0 Å². The molecule has 2 heteroatoms. The zero-order valence-corrected chi connectivity index (χ0v) is 9.60. The molecule has 0 aromatic heterocycles. The SMILES string of the molecule is C[C@@H](c1ccccc1)N1CC2CCC2C1=O. The Morgan fingerprint density at radius 2 is 2.00 bits per heavy atom. The number of carbonyl (C=O) groups excluding carboxylic acids is 1. The number of hydrogen-bond donors (Lipinski definition) is 0. The van der Waals surface area contributed by atoms with E-state index < -0.39 is 0 Å². The maximum Gasteiger partial charge on any atom is 0.226 e. The largest absolute Gasteiger partial charge is 0.335 e. The van der Waals surface area contributed by atoms with Crippen LogP contribution in [0.1, 0.15) is 31.4 Å². The van der Waals surface area contributed by atoms with Gasteiger partial charge in [-0.15, -0.1) is 0 Å². The molecule has 3 rings (SSSR count). The summed E-state index contributed by atoms with van der Waals surface area (Å²) in [5.41, 5.74) is 1.25. The van der Waals surface area contributed by atoms with Crippen molar-refractivity contribution in [2.45, 2.75) is 25.8 Å². The molecule has 1 aliphatic heterocycles. The molecule has 0 N–H and O–H groups in total. The molecule has 84 valence electrons. The second-order valence-corrected chi connectivity index (χ2v) is 5.02. The topological polar surface area (TPSA) is 20.3 Å². The minimum Gasteiger partial charge on any atom is -0.335 e. The van der Waals surface area contributed by atoms with Crippen molar-refractivity contribution in [3.05, 3.63) is 35.9 Å². The van der Waals surface area contributed by atoms with Crippen molar-refractivity contribution in [3.8, 4) is 0 Å². The Hall–Kier alpha value is -1.31. The lowest BCUT2D eigenvalue weighted by Crippen LogP contribution is -2.30. The minimum absolute atomic E-state index is 0.235. The van der Waals surface area contributed by atoms with Gasteiger partial charge in [-0.3, -0.25) is 4.79 Å². The normalized spacial score (nSPS) is 29.8. The number of rotatable bonds is 2. The van der Waals surface area contributed by atoms with E-state index in [0.29, 0.717) is 17.7 Å². The zero-order valence-electron chi connectivity index (χ0n) is 9.60. The van der Waals surface area contributed by atoms with Gasteiger partial charge in [-0.25, -0.2) is 0 Å². The van der Waals surface area contributed by atoms with Crippen molar-refractivity contribution in [1.29, 1.82) is 0 Å². The Labute approximate surface area is 96.3 Å². The summed E-state index contributed by atoms with van der Waals surface area (Å²) in [7, 11) is 0. The fourth-order valence-electron chi connectivity index (χ4n) is 2.93. The monoisotopic (exact) mass is 215 g/mol. The van der Waals surface area contributed by atoms with Gasteiger partial charge in [-0.05, 0) is 31.2 Å². The molecule has 0 radical (unpaired) electrons. The molecular formula is C14H17NO. The van der Waals surface area contributed by atoms with Crippen LogP contribution in [-0.2, 0) is 4.79 Å². The second kappa shape index (κ2) is 3.62. The molecule has 2 fully saturated rings. The van der Waals surface area contributed by atoms with Crippen LogP contribution in [0.4, 0.5) is 0 Å². The van der Waals surface area contributed by atoms with Gasteiger partial charge in [0.25, 0.3) is 0 Å². The number of nitrogens with zero attached hydrogens (tertiary/aromatic N) is 1. The number of benzene rings is 1. The lowest BCUT2D eigenvalue weighted by molar-refractivity contribution is -0.134. The van der Waals surface area contributed by atoms with Crippen LogP contribution in [0.3, 0.4) is 0 Å². The smallest absolute Gasteiger partial charge is 0.226 e. The average Bonchev–Trinajstić information content (AvgIpc) is 2.49. The maximum absolute atomic E-state index is 12.1. The fraction of sp³-hybridized carbons (Fsp3) is 0.500. The van der Waals surface area contributed by atoms with Crippen molar-refractivity contribution >= 4 is 5.91 Å². The molecule has 1 aromatic carbocycles. The zero-order chi connectivity index (χ0) is 11.1. The summed E-state index contributed by atoms with van der Waals surface area (Å²) in [6.07, 6.45) is 2.36. The summed E-state index contributed by atoms with van der Waals surface area (Å²) in [6, 6.07) is 10.6. The van der Waals surface area contributed by atoms with Crippen molar-refractivity contribution in [3.63, 3.8) is 0 Å². The van der Waals surface area contributed by atoms with Gasteiger partial charge >= 0.3 is 0 Å². The molecule has 2 nitrogen and oxygen atoms in total. The summed E-state index contributed by atoms with van der Waals surface area (Å²) in [4.78, 5) is 14.2. The van der Waals surface area contributed by atoms with Crippen molar-refractivity contribution < 1.29 is 4.79 Å². The molecule has 0 bridgehead atoms. The molecule has 0 spiro atoms. The highest BCUT2D eigenvalue weighted by atomic mass is 16.2. The van der Waals surface area contributed by atoms with Gasteiger partial charge in [0.15, 0.2) is 0 Å². The van der Waals surface area contributed by atoms with Gasteiger partial charge in [0.2, 0.25) is 5.91 Å². The first-order valence-corrected chi connectivity index (χ1v) is 6.13. The molecule has 3 atom stereocenters. The van der Waals surface area contributed by atoms with E-state index in [1.54, 1.807) is 0 Å². The summed E-state index contributed by atoms with van der Waals surface area (Å²) in [5.74, 6) is 1.39. The lowest BCUT2D eigenvalue weighted by atomic mass is 9.76. The van der Waals surface area contributed by atoms with E-state index in [-0.39, 0.29) is 6.04 Å². The Morgan fingerprint density at radius 3 is 2.50 bits per heavy atom. The van der Waals surface area contributed by atoms with Crippen LogP contribution < -0.4 is 0 Å². The molecule has 16 heavy (non-hydrogen) atoms. The summed E-state index contributed by atoms with van der Waals surface area (Å²) in [5, 5.41) is 0. The summed E-state index contributed by atoms with van der Waals surface area (Å²) < 4.78 is 0. The minimum atomic E-state index is 0.235. The molecule has 2 aliphatic rings. The molecule has 1 amide bonds. The first kappa shape index (κ1) is 9.88. The van der Waals surface area contributed by atoms with Crippen LogP contribution in [0.15, 0.2) is 30.3 Å². The van der Waals surface area contributed by atoms with E-state index in [4.69, 9.17) is 0 Å². The van der Waals surface area contributed by atoms with Crippen LogP contribution in [-0.4, -0.2) is 17.4 Å². The van der Waals surface area contributed by atoms with Crippen molar-refractivity contribution in [1.82, 2.24) is 4.90 Å². The predicted molar refractivity (Wildman–Crippen MR) is 62.8 cm³/mol. The van der Waals surface area contributed by atoms with Crippen molar-refractivity contribution in [2.75, 3.05) is 6.54 Å². The summed E-state index contributed by atoms with van der Waals surface area (Å²) >= 11 is 0.